The molecule has 0 amide bonds. The van der Waals surface area contributed by atoms with E-state index in [-0.39, 0.29) is 11.0 Å². The first-order valence-corrected chi connectivity index (χ1v) is 20.0. The van der Waals surface area contributed by atoms with E-state index in [9.17, 15) is 0 Å². The van der Waals surface area contributed by atoms with Gasteiger partial charge in [0.1, 0.15) is 0 Å². The average molecular weight is 592 g/mol. The SMILES string of the molecule is C[CH2][Sn]([CH2]C)[CH2]C.O.O.c1cc[c]([Sn]([c]2ccccc2)[c]2ccccc2)cc1. The van der Waals surface area contributed by atoms with Crippen molar-refractivity contribution in [2.24, 2.45) is 0 Å². The van der Waals surface area contributed by atoms with Crippen LogP contribution in [0.1, 0.15) is 20.8 Å². The summed E-state index contributed by atoms with van der Waals surface area (Å²) in [6.07, 6.45) is 0. The van der Waals surface area contributed by atoms with E-state index < -0.39 is 39.5 Å². The maximum atomic E-state index is 2.35. The quantitative estimate of drug-likeness (QED) is 0.396. The van der Waals surface area contributed by atoms with Crippen LogP contribution in [0.4, 0.5) is 0 Å². The summed E-state index contributed by atoms with van der Waals surface area (Å²) in [5.41, 5.74) is 0. The van der Waals surface area contributed by atoms with Crippen LogP contribution < -0.4 is 10.7 Å². The predicted octanol–water partition coefficient (Wildman–Crippen LogP) is 3.09. The normalized spacial score (nSPS) is 9.75. The fourth-order valence-electron chi connectivity index (χ4n) is 3.06. The Morgan fingerprint density at radius 3 is 0.893 bits per heavy atom. The third kappa shape index (κ3) is 8.68. The average Bonchev–Trinajstić information content (AvgIpc) is 2.72. The van der Waals surface area contributed by atoms with Gasteiger partial charge in [-0.3, -0.25) is 0 Å². The zero-order valence-corrected chi connectivity index (χ0v) is 23.0. The van der Waals surface area contributed by atoms with Gasteiger partial charge in [-0.15, -0.1) is 0 Å². The minimum atomic E-state index is -1.98. The van der Waals surface area contributed by atoms with Gasteiger partial charge in [0, 0.05) is 0 Å². The predicted molar refractivity (Wildman–Crippen MR) is 128 cm³/mol. The maximum absolute atomic E-state index is 2.35. The number of hydrogen-bond donors (Lipinski definition) is 0. The molecule has 0 aliphatic rings. The first kappa shape index (κ1) is 27.2. The molecule has 3 aromatic rings. The molecule has 0 spiro atoms. The van der Waals surface area contributed by atoms with Gasteiger partial charge in [-0.05, 0) is 0 Å². The summed E-state index contributed by atoms with van der Waals surface area (Å²) in [6, 6.07) is 32.9. The summed E-state index contributed by atoms with van der Waals surface area (Å²) in [4.78, 5) is 0. The molecule has 0 unspecified atom stereocenters. The van der Waals surface area contributed by atoms with Crippen molar-refractivity contribution in [2.45, 2.75) is 34.1 Å². The van der Waals surface area contributed by atoms with Gasteiger partial charge in [0.05, 0.1) is 0 Å². The Bertz CT molecular complexity index is 618. The van der Waals surface area contributed by atoms with Crippen molar-refractivity contribution in [3.05, 3.63) is 91.0 Å². The first-order valence-electron chi connectivity index (χ1n) is 9.66. The zero-order valence-electron chi connectivity index (χ0n) is 17.3. The van der Waals surface area contributed by atoms with E-state index in [1.54, 1.807) is 13.3 Å². The minimum absolute atomic E-state index is 0. The molecule has 0 saturated heterocycles. The van der Waals surface area contributed by atoms with Crippen molar-refractivity contribution in [1.82, 2.24) is 0 Å². The molecular formula is C24H34O2Sn2. The van der Waals surface area contributed by atoms with Crippen molar-refractivity contribution in [1.29, 1.82) is 0 Å². The molecule has 3 rings (SSSR count). The third-order valence-electron chi connectivity index (χ3n) is 4.69. The second kappa shape index (κ2) is 16.0. The molecular weight excluding hydrogens is 558 g/mol. The second-order valence-electron chi connectivity index (χ2n) is 6.28. The Labute approximate surface area is 185 Å². The van der Waals surface area contributed by atoms with Crippen LogP contribution in [0.25, 0.3) is 0 Å². The van der Waals surface area contributed by atoms with Gasteiger partial charge in [-0.1, -0.05) is 0 Å². The molecule has 4 heteroatoms. The van der Waals surface area contributed by atoms with Crippen molar-refractivity contribution in [2.75, 3.05) is 0 Å². The van der Waals surface area contributed by atoms with Gasteiger partial charge in [-0.25, -0.2) is 0 Å². The summed E-state index contributed by atoms with van der Waals surface area (Å²) in [5.74, 6) is 0. The van der Waals surface area contributed by atoms with Crippen LogP contribution >= 0.6 is 0 Å². The van der Waals surface area contributed by atoms with Crippen molar-refractivity contribution in [3.8, 4) is 0 Å². The molecule has 0 aliphatic heterocycles. The fraction of sp³-hybridized carbons (Fsp3) is 0.250. The standard InChI is InChI=1S/3C6H5.3C2H5.2H2O.2Sn/c3*1-2-4-6-5-3-1;3*1-2;;;;/h3*1-5H;3*1H2,2H3;2*1H2;;. The van der Waals surface area contributed by atoms with Crippen LogP contribution in [0, 0.1) is 0 Å². The molecule has 28 heavy (non-hydrogen) atoms. The summed E-state index contributed by atoms with van der Waals surface area (Å²) in [7, 11) is 0. The van der Waals surface area contributed by atoms with Crippen LogP contribution in [0.15, 0.2) is 91.0 Å². The Kier molecular flexibility index (Phi) is 15.6. The molecule has 2 radical (unpaired) electrons. The fourth-order valence-corrected chi connectivity index (χ4v) is 14.7. The van der Waals surface area contributed by atoms with E-state index in [2.05, 4.69) is 112 Å². The van der Waals surface area contributed by atoms with Crippen molar-refractivity contribution in [3.63, 3.8) is 0 Å². The van der Waals surface area contributed by atoms with Crippen molar-refractivity contribution >= 4 is 50.3 Å². The summed E-state index contributed by atoms with van der Waals surface area (Å²) >= 11 is -2.63. The van der Waals surface area contributed by atoms with E-state index in [1.807, 2.05) is 0 Å². The molecule has 0 aromatic heterocycles. The summed E-state index contributed by atoms with van der Waals surface area (Å²) in [6.45, 7) is 7.05. The van der Waals surface area contributed by atoms with Crippen LogP contribution in [0.2, 0.25) is 13.3 Å². The monoisotopic (exact) mass is 594 g/mol. The Balaban J connectivity index is 0.000000707. The van der Waals surface area contributed by atoms with Gasteiger partial charge in [0.25, 0.3) is 0 Å². The summed E-state index contributed by atoms with van der Waals surface area (Å²) in [5, 5.41) is 0. The molecule has 150 valence electrons. The molecule has 0 aliphatic carbocycles. The molecule has 0 bridgehead atoms. The van der Waals surface area contributed by atoms with Crippen LogP contribution in [-0.4, -0.2) is 50.5 Å². The molecule has 0 saturated carbocycles. The number of hydrogen-bond acceptors (Lipinski definition) is 0. The second-order valence-corrected chi connectivity index (χ2v) is 23.7. The van der Waals surface area contributed by atoms with E-state index in [4.69, 9.17) is 0 Å². The van der Waals surface area contributed by atoms with Crippen LogP contribution in [0.3, 0.4) is 0 Å². The van der Waals surface area contributed by atoms with Gasteiger partial charge < -0.3 is 11.0 Å². The Morgan fingerprint density at radius 2 is 0.714 bits per heavy atom. The Hall–Kier alpha value is -0.823. The number of rotatable bonds is 6. The van der Waals surface area contributed by atoms with E-state index in [1.165, 1.54) is 10.7 Å². The molecule has 0 heterocycles. The van der Waals surface area contributed by atoms with E-state index >= 15 is 0 Å². The number of benzene rings is 3. The summed E-state index contributed by atoms with van der Waals surface area (Å²) < 4.78 is 9.24. The van der Waals surface area contributed by atoms with Crippen LogP contribution in [0.5, 0.6) is 0 Å². The van der Waals surface area contributed by atoms with Gasteiger partial charge in [0.15, 0.2) is 0 Å². The molecule has 4 N–H and O–H groups in total. The van der Waals surface area contributed by atoms with E-state index in [0.717, 1.165) is 0 Å². The third-order valence-corrected chi connectivity index (χ3v) is 21.0. The molecule has 0 atom stereocenters. The Morgan fingerprint density at radius 1 is 0.464 bits per heavy atom. The molecule has 3 aromatic carbocycles. The van der Waals surface area contributed by atoms with Gasteiger partial charge >= 0.3 is 175 Å². The zero-order chi connectivity index (χ0) is 18.6. The van der Waals surface area contributed by atoms with Crippen molar-refractivity contribution < 1.29 is 11.0 Å². The van der Waals surface area contributed by atoms with Gasteiger partial charge in [-0.2, -0.15) is 0 Å². The van der Waals surface area contributed by atoms with Gasteiger partial charge in [0.2, 0.25) is 0 Å². The molecule has 2 nitrogen and oxygen atoms in total. The molecule has 0 fully saturated rings. The first-order chi connectivity index (χ1) is 12.8. The van der Waals surface area contributed by atoms with Crippen LogP contribution in [-0.2, 0) is 0 Å². The van der Waals surface area contributed by atoms with E-state index in [0.29, 0.717) is 0 Å². The topological polar surface area (TPSA) is 63.0 Å².